The third kappa shape index (κ3) is 5.48. The van der Waals surface area contributed by atoms with Gasteiger partial charge in [-0.05, 0) is 28.8 Å². The van der Waals surface area contributed by atoms with Crippen LogP contribution < -0.4 is 10.6 Å². The topological polar surface area (TPSA) is 67.4 Å². The van der Waals surface area contributed by atoms with Crippen molar-refractivity contribution in [2.75, 3.05) is 0 Å². The van der Waals surface area contributed by atoms with E-state index in [1.807, 2.05) is 60.7 Å². The number of hydrogen-bond acceptors (Lipinski definition) is 4. The van der Waals surface area contributed by atoms with Gasteiger partial charge < -0.3 is 15.4 Å². The maximum absolute atomic E-state index is 13.0. The summed E-state index contributed by atoms with van der Waals surface area (Å²) in [4.78, 5) is 25.0. The quantitative estimate of drug-likeness (QED) is 0.521. The van der Waals surface area contributed by atoms with E-state index in [1.54, 1.807) is 0 Å². The van der Waals surface area contributed by atoms with Crippen LogP contribution in [0.1, 0.15) is 33.7 Å². The van der Waals surface area contributed by atoms with E-state index >= 15 is 0 Å². The number of alkyl carbamates (subject to hydrolysis) is 1. The van der Waals surface area contributed by atoms with E-state index in [0.29, 0.717) is 0 Å². The molecule has 3 aromatic rings. The van der Waals surface area contributed by atoms with E-state index in [0.717, 1.165) is 35.0 Å². The zero-order valence-corrected chi connectivity index (χ0v) is 17.9. The monoisotopic (exact) mass is 472 g/mol. The van der Waals surface area contributed by atoms with Gasteiger partial charge in [0.1, 0.15) is 5.37 Å². The van der Waals surface area contributed by atoms with Crippen LogP contribution in [-0.4, -0.2) is 17.4 Å². The smallest absolute Gasteiger partial charge is 0.416 e. The van der Waals surface area contributed by atoms with Crippen LogP contribution in [0.5, 0.6) is 0 Å². The van der Waals surface area contributed by atoms with Crippen LogP contribution in [0.15, 0.2) is 84.9 Å². The molecule has 0 spiro atoms. The highest BCUT2D eigenvalue weighted by Crippen LogP contribution is 2.38. The first-order chi connectivity index (χ1) is 15.8. The highest BCUT2D eigenvalue weighted by Gasteiger charge is 2.38. The first-order valence-electron chi connectivity index (χ1n) is 10.0. The number of nitrogens with one attached hydrogen (secondary N) is 2. The van der Waals surface area contributed by atoms with Crippen molar-refractivity contribution in [1.29, 1.82) is 0 Å². The molecule has 4 rings (SSSR count). The highest BCUT2D eigenvalue weighted by molar-refractivity contribution is 8.01. The Morgan fingerprint density at radius 1 is 0.939 bits per heavy atom. The van der Waals surface area contributed by atoms with E-state index in [-0.39, 0.29) is 5.56 Å². The molecule has 2 N–H and O–H groups in total. The molecule has 170 valence electrons. The Labute approximate surface area is 192 Å². The molecule has 2 atom stereocenters. The fourth-order valence-corrected chi connectivity index (χ4v) is 4.51. The van der Waals surface area contributed by atoms with Crippen LogP contribution >= 0.6 is 11.8 Å². The van der Waals surface area contributed by atoms with Crippen LogP contribution in [0.4, 0.5) is 18.0 Å². The van der Waals surface area contributed by atoms with Gasteiger partial charge in [-0.15, -0.1) is 0 Å². The van der Waals surface area contributed by atoms with Crippen molar-refractivity contribution in [3.05, 3.63) is 107 Å². The van der Waals surface area contributed by atoms with E-state index < -0.39 is 40.6 Å². The van der Waals surface area contributed by atoms with Gasteiger partial charge in [0, 0.05) is 0 Å². The molecule has 1 fully saturated rings. The number of carbonyl (C=O) groups excluding carboxylic acids is 2. The SMILES string of the molecule is O=C(NC(c1ccccc1)c1ccccc1)OC1SC(c2cccc(C(F)(F)F)c2)NC1=O. The van der Waals surface area contributed by atoms with Gasteiger partial charge in [0.2, 0.25) is 5.44 Å². The molecule has 9 heteroatoms. The Bertz CT molecular complexity index is 1090. The molecule has 0 radical (unpaired) electrons. The lowest BCUT2D eigenvalue weighted by atomic mass is 9.99. The van der Waals surface area contributed by atoms with Gasteiger partial charge in [-0.25, -0.2) is 4.79 Å². The van der Waals surface area contributed by atoms with E-state index in [9.17, 15) is 22.8 Å². The lowest BCUT2D eigenvalue weighted by Gasteiger charge is -2.20. The van der Waals surface area contributed by atoms with Crippen molar-refractivity contribution in [2.24, 2.45) is 0 Å². The van der Waals surface area contributed by atoms with Gasteiger partial charge in [0.25, 0.3) is 5.91 Å². The largest absolute Gasteiger partial charge is 0.425 e. The van der Waals surface area contributed by atoms with Gasteiger partial charge in [-0.2, -0.15) is 13.2 Å². The number of alkyl halides is 3. The summed E-state index contributed by atoms with van der Waals surface area (Å²) in [7, 11) is 0. The molecular weight excluding hydrogens is 453 g/mol. The molecule has 2 unspecified atom stereocenters. The third-order valence-electron chi connectivity index (χ3n) is 5.01. The van der Waals surface area contributed by atoms with Gasteiger partial charge >= 0.3 is 12.3 Å². The molecule has 0 saturated carbocycles. The molecule has 1 aliphatic heterocycles. The zero-order chi connectivity index (χ0) is 23.4. The highest BCUT2D eigenvalue weighted by atomic mass is 32.2. The van der Waals surface area contributed by atoms with E-state index in [1.165, 1.54) is 12.1 Å². The molecule has 1 aliphatic rings. The van der Waals surface area contributed by atoms with Crippen LogP contribution in [-0.2, 0) is 15.7 Å². The number of thioether (sulfide) groups is 1. The number of benzene rings is 3. The molecule has 0 aromatic heterocycles. The third-order valence-corrected chi connectivity index (χ3v) is 6.23. The second-order valence-electron chi connectivity index (χ2n) is 7.28. The summed E-state index contributed by atoms with van der Waals surface area (Å²) < 4.78 is 44.4. The Kier molecular flexibility index (Phi) is 6.60. The average molecular weight is 472 g/mol. The molecule has 1 saturated heterocycles. The van der Waals surface area contributed by atoms with Crippen LogP contribution in [0.3, 0.4) is 0 Å². The van der Waals surface area contributed by atoms with Crippen molar-refractivity contribution in [2.45, 2.75) is 23.0 Å². The van der Waals surface area contributed by atoms with Crippen molar-refractivity contribution in [3.8, 4) is 0 Å². The lowest BCUT2D eigenvalue weighted by molar-refractivity contribution is -0.137. The predicted molar refractivity (Wildman–Crippen MR) is 118 cm³/mol. The van der Waals surface area contributed by atoms with Crippen LogP contribution in [0.25, 0.3) is 0 Å². The van der Waals surface area contributed by atoms with E-state index in [2.05, 4.69) is 10.6 Å². The average Bonchev–Trinajstić information content (AvgIpc) is 3.18. The zero-order valence-electron chi connectivity index (χ0n) is 17.1. The summed E-state index contributed by atoms with van der Waals surface area (Å²) in [6, 6.07) is 22.7. The second-order valence-corrected chi connectivity index (χ2v) is 8.46. The first kappa shape index (κ1) is 22.7. The number of ether oxygens (including phenoxy) is 1. The van der Waals surface area contributed by atoms with Gasteiger partial charge in [-0.3, -0.25) is 4.79 Å². The molecule has 1 heterocycles. The van der Waals surface area contributed by atoms with Crippen molar-refractivity contribution in [1.82, 2.24) is 10.6 Å². The Morgan fingerprint density at radius 3 is 2.12 bits per heavy atom. The maximum Gasteiger partial charge on any atom is 0.416 e. The summed E-state index contributed by atoms with van der Waals surface area (Å²) in [5, 5.41) is 4.58. The number of halogens is 3. The number of rotatable bonds is 5. The van der Waals surface area contributed by atoms with E-state index in [4.69, 9.17) is 4.74 Å². The first-order valence-corrected chi connectivity index (χ1v) is 11.0. The standard InChI is InChI=1S/C24H19F3N2O3S/c25-24(26,27)18-13-7-12-17(14-18)21-29-20(30)22(33-21)32-23(31)28-19(15-8-3-1-4-9-15)16-10-5-2-6-11-16/h1-14,19,21-22H,(H,28,31)(H,29,30). The summed E-state index contributed by atoms with van der Waals surface area (Å²) in [6.07, 6.45) is -5.31. The fraction of sp³-hybridized carbons (Fsp3) is 0.167. The van der Waals surface area contributed by atoms with Crippen LogP contribution in [0.2, 0.25) is 0 Å². The van der Waals surface area contributed by atoms with Crippen molar-refractivity contribution in [3.63, 3.8) is 0 Å². The van der Waals surface area contributed by atoms with Gasteiger partial charge in [0.05, 0.1) is 11.6 Å². The number of carbonyl (C=O) groups is 2. The minimum Gasteiger partial charge on any atom is -0.425 e. The van der Waals surface area contributed by atoms with Crippen molar-refractivity contribution < 1.29 is 27.5 Å². The molecule has 5 nitrogen and oxygen atoms in total. The molecular formula is C24H19F3N2O3S. The van der Waals surface area contributed by atoms with Gasteiger partial charge in [0.15, 0.2) is 0 Å². The summed E-state index contributed by atoms with van der Waals surface area (Å²) in [6.45, 7) is 0. The fourth-order valence-electron chi connectivity index (χ4n) is 3.44. The summed E-state index contributed by atoms with van der Waals surface area (Å²) in [5.41, 5.74) is -0.0968. The molecule has 3 aromatic carbocycles. The Balaban J connectivity index is 1.45. The molecule has 33 heavy (non-hydrogen) atoms. The number of hydrogen-bond donors (Lipinski definition) is 2. The minimum absolute atomic E-state index is 0.265. The maximum atomic E-state index is 13.0. The molecule has 2 amide bonds. The minimum atomic E-state index is -4.50. The van der Waals surface area contributed by atoms with Crippen LogP contribution in [0, 0.1) is 0 Å². The molecule has 0 bridgehead atoms. The van der Waals surface area contributed by atoms with Gasteiger partial charge in [-0.1, -0.05) is 84.6 Å². The Hall–Kier alpha value is -3.46. The summed E-state index contributed by atoms with van der Waals surface area (Å²) in [5.74, 6) is -0.589. The molecule has 0 aliphatic carbocycles. The van der Waals surface area contributed by atoms with Crippen molar-refractivity contribution >= 4 is 23.8 Å². The Morgan fingerprint density at radius 2 is 1.55 bits per heavy atom. The second kappa shape index (κ2) is 9.58. The lowest BCUT2D eigenvalue weighted by Crippen LogP contribution is -2.35. The summed E-state index contributed by atoms with van der Waals surface area (Å²) >= 11 is 0.927. The normalized spacial score (nSPS) is 18.1. The number of amides is 2. The predicted octanol–water partition coefficient (Wildman–Crippen LogP) is 5.41.